The summed E-state index contributed by atoms with van der Waals surface area (Å²) in [6.45, 7) is 2.85. The number of amides is 4. The number of alkyl halides is 6. The van der Waals surface area contributed by atoms with E-state index in [4.69, 9.17) is 9.47 Å². The maximum atomic E-state index is 13.9. The number of urea groups is 2. The Labute approximate surface area is 240 Å². The number of hydrogen-bond acceptors (Lipinski definition) is 5. The van der Waals surface area contributed by atoms with Gasteiger partial charge in [0.25, 0.3) is 0 Å². The van der Waals surface area contributed by atoms with Crippen molar-refractivity contribution in [3.63, 3.8) is 0 Å². The second-order valence-corrected chi connectivity index (χ2v) is 10.4. The summed E-state index contributed by atoms with van der Waals surface area (Å²) < 4.78 is 91.0. The lowest BCUT2D eigenvalue weighted by Gasteiger charge is -2.38. The van der Waals surface area contributed by atoms with Crippen molar-refractivity contribution in [1.82, 2.24) is 9.96 Å². The topological polar surface area (TPSA) is 94.6 Å². The van der Waals surface area contributed by atoms with E-state index < -0.39 is 47.2 Å². The molecule has 0 aliphatic carbocycles. The number of nitrogens with zero attached hydrogens (tertiary/aromatic N) is 3. The third-order valence-corrected chi connectivity index (χ3v) is 7.12. The number of carbonyl (C=O) groups excluding carboxylic acids is 2. The third-order valence-electron chi connectivity index (χ3n) is 7.12. The SMILES string of the molecule is CC1(C)C(N(O)C(=O)Nc2cccc(C(F)(F)F)c2)N(c2cccc(C(F)(F)F)c2)C(=O)N1Cc1ccc2c(c1)OCO2. The van der Waals surface area contributed by atoms with Crippen molar-refractivity contribution < 1.29 is 50.6 Å². The van der Waals surface area contributed by atoms with Crippen LogP contribution in [0.2, 0.25) is 0 Å². The van der Waals surface area contributed by atoms with Gasteiger partial charge in [0.15, 0.2) is 17.7 Å². The molecule has 0 radical (unpaired) electrons. The molecule has 0 spiro atoms. The minimum Gasteiger partial charge on any atom is -0.454 e. The van der Waals surface area contributed by atoms with Crippen LogP contribution >= 0.6 is 0 Å². The Morgan fingerprint density at radius 2 is 1.58 bits per heavy atom. The largest absolute Gasteiger partial charge is 0.454 e. The van der Waals surface area contributed by atoms with Gasteiger partial charge in [0.1, 0.15) is 0 Å². The number of ether oxygens (including phenoxy) is 2. The lowest BCUT2D eigenvalue weighted by Crippen LogP contribution is -2.58. The van der Waals surface area contributed by atoms with Gasteiger partial charge in [0, 0.05) is 17.9 Å². The van der Waals surface area contributed by atoms with Crippen LogP contribution in [0.4, 0.5) is 47.3 Å². The molecule has 0 saturated carbocycles. The molecule has 1 atom stereocenters. The van der Waals surface area contributed by atoms with Crippen molar-refractivity contribution in [2.75, 3.05) is 17.0 Å². The molecule has 1 saturated heterocycles. The predicted octanol–water partition coefficient (Wildman–Crippen LogP) is 6.92. The van der Waals surface area contributed by atoms with Gasteiger partial charge in [-0.1, -0.05) is 18.2 Å². The van der Waals surface area contributed by atoms with Crippen LogP contribution in [0.25, 0.3) is 0 Å². The highest BCUT2D eigenvalue weighted by Crippen LogP contribution is 2.42. The second kappa shape index (κ2) is 10.6. The van der Waals surface area contributed by atoms with Gasteiger partial charge in [-0.05, 0) is 67.9 Å². The van der Waals surface area contributed by atoms with Crippen molar-refractivity contribution in [3.05, 3.63) is 83.4 Å². The molecule has 0 aromatic heterocycles. The summed E-state index contributed by atoms with van der Waals surface area (Å²) in [5.74, 6) is 0.893. The summed E-state index contributed by atoms with van der Waals surface area (Å²) in [7, 11) is 0. The summed E-state index contributed by atoms with van der Waals surface area (Å²) in [6.07, 6.45) is -11.1. The standard InChI is InChI=1S/C28H24F6N4O5/c1-26(2)23(38(41)24(39)35-19-7-3-5-17(12-19)27(29,30)31)37(20-8-4-6-18(13-20)28(32,33)34)25(40)36(26)14-16-9-10-21-22(11-16)43-15-42-21/h3-13,23,41H,14-15H2,1-2H3,(H,35,39). The first-order valence-corrected chi connectivity index (χ1v) is 12.7. The van der Waals surface area contributed by atoms with E-state index in [1.165, 1.54) is 24.8 Å². The van der Waals surface area contributed by atoms with E-state index in [9.17, 15) is 41.1 Å². The highest BCUT2D eigenvalue weighted by Gasteiger charge is 2.56. The molecule has 1 fully saturated rings. The molecule has 3 aromatic carbocycles. The molecular weight excluding hydrogens is 586 g/mol. The van der Waals surface area contributed by atoms with Gasteiger partial charge in [-0.3, -0.25) is 10.1 Å². The van der Waals surface area contributed by atoms with Gasteiger partial charge in [-0.2, -0.15) is 31.4 Å². The number of carbonyl (C=O) groups is 2. The van der Waals surface area contributed by atoms with Gasteiger partial charge in [-0.15, -0.1) is 0 Å². The summed E-state index contributed by atoms with van der Waals surface area (Å²) >= 11 is 0. The Bertz CT molecular complexity index is 1560. The first-order valence-electron chi connectivity index (χ1n) is 12.7. The molecular formula is C28H24F6N4O5. The molecule has 15 heteroatoms. The first-order chi connectivity index (χ1) is 20.1. The predicted molar refractivity (Wildman–Crippen MR) is 139 cm³/mol. The van der Waals surface area contributed by atoms with Crippen LogP contribution in [0.1, 0.15) is 30.5 Å². The Kier molecular flexibility index (Phi) is 7.32. The fraction of sp³-hybridized carbons (Fsp3) is 0.286. The van der Waals surface area contributed by atoms with E-state index in [0.29, 0.717) is 29.2 Å². The number of fused-ring (bicyclic) bond motifs is 1. The minimum absolute atomic E-state index is 0.00121. The number of anilines is 2. The van der Waals surface area contributed by atoms with Gasteiger partial charge in [0.05, 0.1) is 16.7 Å². The van der Waals surface area contributed by atoms with Gasteiger partial charge < -0.3 is 19.7 Å². The maximum Gasteiger partial charge on any atom is 0.416 e. The molecule has 3 aromatic rings. The average Bonchev–Trinajstić information content (AvgIpc) is 3.48. The average molecular weight is 611 g/mol. The molecule has 0 bridgehead atoms. The van der Waals surface area contributed by atoms with Crippen LogP contribution in [0.15, 0.2) is 66.7 Å². The number of benzene rings is 3. The lowest BCUT2D eigenvalue weighted by molar-refractivity contribution is -0.138. The first kappa shape index (κ1) is 29.8. The maximum absolute atomic E-state index is 13.9. The van der Waals surface area contributed by atoms with Crippen LogP contribution in [-0.2, 0) is 18.9 Å². The van der Waals surface area contributed by atoms with Crippen LogP contribution in [0, 0.1) is 0 Å². The van der Waals surface area contributed by atoms with Crippen molar-refractivity contribution in [2.24, 2.45) is 0 Å². The highest BCUT2D eigenvalue weighted by molar-refractivity contribution is 5.98. The van der Waals surface area contributed by atoms with Crippen molar-refractivity contribution in [2.45, 2.75) is 44.4 Å². The second-order valence-electron chi connectivity index (χ2n) is 10.4. The number of nitrogens with one attached hydrogen (secondary N) is 1. The molecule has 2 aliphatic heterocycles. The zero-order valence-corrected chi connectivity index (χ0v) is 22.5. The number of hydrogen-bond donors (Lipinski definition) is 2. The normalized spacial score (nSPS) is 17.8. The molecule has 1 unspecified atom stereocenters. The van der Waals surface area contributed by atoms with Gasteiger partial charge in [-0.25, -0.2) is 9.59 Å². The molecule has 5 rings (SSSR count). The molecule has 4 amide bonds. The fourth-order valence-electron chi connectivity index (χ4n) is 4.99. The molecule has 228 valence electrons. The lowest BCUT2D eigenvalue weighted by atomic mass is 9.98. The van der Waals surface area contributed by atoms with Crippen LogP contribution in [-0.4, -0.2) is 45.7 Å². The van der Waals surface area contributed by atoms with Gasteiger partial charge >= 0.3 is 24.4 Å². The van der Waals surface area contributed by atoms with E-state index in [2.05, 4.69) is 5.32 Å². The molecule has 2 aliphatic rings. The van der Waals surface area contributed by atoms with Gasteiger partial charge in [0.2, 0.25) is 6.79 Å². The van der Waals surface area contributed by atoms with E-state index in [1.807, 2.05) is 0 Å². The Morgan fingerprint density at radius 3 is 2.26 bits per heavy atom. The molecule has 9 nitrogen and oxygen atoms in total. The summed E-state index contributed by atoms with van der Waals surface area (Å²) in [6, 6.07) is 10.1. The third kappa shape index (κ3) is 5.71. The van der Waals surface area contributed by atoms with Crippen molar-refractivity contribution >= 4 is 23.4 Å². The zero-order valence-electron chi connectivity index (χ0n) is 22.5. The highest BCUT2D eigenvalue weighted by atomic mass is 19.4. The van der Waals surface area contributed by atoms with E-state index in [1.54, 1.807) is 18.2 Å². The molecule has 43 heavy (non-hydrogen) atoms. The van der Waals surface area contributed by atoms with Crippen molar-refractivity contribution in [3.8, 4) is 11.5 Å². The minimum atomic E-state index is -4.77. The number of halogens is 6. The number of rotatable bonds is 5. The fourth-order valence-corrected chi connectivity index (χ4v) is 4.99. The van der Waals surface area contributed by atoms with E-state index in [-0.39, 0.29) is 29.8 Å². The number of hydroxylamine groups is 2. The van der Waals surface area contributed by atoms with Crippen LogP contribution in [0.5, 0.6) is 11.5 Å². The zero-order chi connectivity index (χ0) is 31.3. The molecule has 2 heterocycles. The smallest absolute Gasteiger partial charge is 0.416 e. The van der Waals surface area contributed by atoms with Crippen LogP contribution < -0.4 is 19.7 Å². The Balaban J connectivity index is 1.51. The van der Waals surface area contributed by atoms with E-state index >= 15 is 0 Å². The monoisotopic (exact) mass is 610 g/mol. The Morgan fingerprint density at radius 1 is 0.953 bits per heavy atom. The van der Waals surface area contributed by atoms with E-state index in [0.717, 1.165) is 35.2 Å². The quantitative estimate of drug-likeness (QED) is 0.186. The summed E-state index contributed by atoms with van der Waals surface area (Å²) in [4.78, 5) is 29.1. The summed E-state index contributed by atoms with van der Waals surface area (Å²) in [5.41, 5.74) is -3.66. The molecule has 2 N–H and O–H groups in total. The summed E-state index contributed by atoms with van der Waals surface area (Å²) in [5, 5.41) is 13.4. The van der Waals surface area contributed by atoms with Crippen molar-refractivity contribution in [1.29, 1.82) is 0 Å². The van der Waals surface area contributed by atoms with Crippen LogP contribution in [0.3, 0.4) is 0 Å². The Hall–Kier alpha value is -4.66.